The van der Waals surface area contributed by atoms with E-state index in [0.29, 0.717) is 35.6 Å². The standard InChI is InChI=1S/C21H39NO2/c1-15-7-6-8-16(2)22(15)14-18(23)10-12-24-19-13-17-9-11-21(19,5)20(17,3)4/h15-19,23H,6-14H2,1-5H3/t15-,16-,17-,18+,19+,21-/m0/s1. The van der Waals surface area contributed by atoms with Crippen LogP contribution in [-0.4, -0.2) is 47.4 Å². The summed E-state index contributed by atoms with van der Waals surface area (Å²) in [4.78, 5) is 2.50. The number of hydrogen-bond donors (Lipinski definition) is 1. The molecule has 0 spiro atoms. The minimum atomic E-state index is -0.257. The van der Waals surface area contributed by atoms with Gasteiger partial charge in [0, 0.05) is 25.2 Å². The molecule has 3 rings (SSSR count). The molecule has 3 nitrogen and oxygen atoms in total. The highest BCUT2D eigenvalue weighted by molar-refractivity contribution is 5.11. The van der Waals surface area contributed by atoms with Gasteiger partial charge in [-0.3, -0.25) is 4.90 Å². The van der Waals surface area contributed by atoms with E-state index in [1.807, 2.05) is 0 Å². The fourth-order valence-corrected chi connectivity index (χ4v) is 5.90. The zero-order valence-corrected chi connectivity index (χ0v) is 16.6. The van der Waals surface area contributed by atoms with Crippen LogP contribution in [0.3, 0.4) is 0 Å². The molecule has 6 atom stereocenters. The first kappa shape index (κ1) is 18.7. The van der Waals surface area contributed by atoms with Crippen LogP contribution < -0.4 is 0 Å². The molecule has 24 heavy (non-hydrogen) atoms. The van der Waals surface area contributed by atoms with Crippen molar-refractivity contribution in [1.29, 1.82) is 0 Å². The summed E-state index contributed by atoms with van der Waals surface area (Å²) in [6, 6.07) is 1.21. The Balaban J connectivity index is 1.44. The molecular formula is C21H39NO2. The Morgan fingerprint density at radius 3 is 2.33 bits per heavy atom. The molecule has 140 valence electrons. The summed E-state index contributed by atoms with van der Waals surface area (Å²) in [6.45, 7) is 13.4. The Labute approximate surface area is 149 Å². The van der Waals surface area contributed by atoms with Gasteiger partial charge in [0.15, 0.2) is 0 Å². The minimum absolute atomic E-state index is 0.257. The molecule has 0 amide bonds. The monoisotopic (exact) mass is 337 g/mol. The number of likely N-dealkylation sites (tertiary alicyclic amines) is 1. The van der Waals surface area contributed by atoms with E-state index in [1.165, 1.54) is 38.5 Å². The van der Waals surface area contributed by atoms with Crippen molar-refractivity contribution < 1.29 is 9.84 Å². The van der Waals surface area contributed by atoms with Crippen LogP contribution >= 0.6 is 0 Å². The molecule has 0 unspecified atom stereocenters. The van der Waals surface area contributed by atoms with Gasteiger partial charge in [0.1, 0.15) is 0 Å². The highest BCUT2D eigenvalue weighted by atomic mass is 16.5. The van der Waals surface area contributed by atoms with Crippen LogP contribution in [0, 0.1) is 16.7 Å². The van der Waals surface area contributed by atoms with Gasteiger partial charge in [-0.1, -0.05) is 27.2 Å². The van der Waals surface area contributed by atoms with Crippen molar-refractivity contribution in [1.82, 2.24) is 4.90 Å². The number of piperidine rings is 1. The number of fused-ring (bicyclic) bond motifs is 2. The number of β-amino-alcohol motifs (C(OH)–C–C–N with tert-alkyl or cyclic N) is 1. The largest absolute Gasteiger partial charge is 0.392 e. The van der Waals surface area contributed by atoms with Gasteiger partial charge in [-0.25, -0.2) is 0 Å². The maximum absolute atomic E-state index is 10.5. The number of ether oxygens (including phenoxy) is 1. The molecule has 0 aromatic heterocycles. The van der Waals surface area contributed by atoms with Crippen LogP contribution in [0.2, 0.25) is 0 Å². The molecule has 1 heterocycles. The van der Waals surface area contributed by atoms with E-state index in [2.05, 4.69) is 39.5 Å². The molecular weight excluding hydrogens is 298 g/mol. The second kappa shape index (κ2) is 6.89. The first-order valence-electron chi connectivity index (χ1n) is 10.3. The summed E-state index contributed by atoms with van der Waals surface area (Å²) < 4.78 is 6.31. The maximum atomic E-state index is 10.5. The van der Waals surface area contributed by atoms with Crippen LogP contribution in [0.25, 0.3) is 0 Å². The summed E-state index contributed by atoms with van der Waals surface area (Å²) in [5.41, 5.74) is 0.744. The maximum Gasteiger partial charge on any atom is 0.0689 e. The third-order valence-corrected chi connectivity index (χ3v) is 8.28. The second-order valence-electron chi connectivity index (χ2n) is 9.74. The quantitative estimate of drug-likeness (QED) is 0.787. The summed E-state index contributed by atoms with van der Waals surface area (Å²) in [6.07, 6.45) is 8.67. The third kappa shape index (κ3) is 3.17. The fourth-order valence-electron chi connectivity index (χ4n) is 5.90. The van der Waals surface area contributed by atoms with Crippen molar-refractivity contribution in [3.8, 4) is 0 Å². The average Bonchev–Trinajstić information content (AvgIpc) is 2.84. The molecule has 3 heteroatoms. The van der Waals surface area contributed by atoms with Gasteiger partial charge in [-0.2, -0.15) is 0 Å². The molecule has 0 aromatic rings. The summed E-state index contributed by atoms with van der Waals surface area (Å²) in [5, 5.41) is 10.5. The zero-order chi connectivity index (χ0) is 17.5. The lowest BCUT2D eigenvalue weighted by Crippen LogP contribution is -2.47. The first-order chi connectivity index (χ1) is 11.3. The molecule has 0 radical (unpaired) electrons. The van der Waals surface area contributed by atoms with Crippen molar-refractivity contribution in [2.24, 2.45) is 16.7 Å². The van der Waals surface area contributed by atoms with Crippen LogP contribution in [0.4, 0.5) is 0 Å². The normalized spacial score (nSPS) is 43.2. The van der Waals surface area contributed by atoms with Gasteiger partial charge in [0.25, 0.3) is 0 Å². The fraction of sp³-hybridized carbons (Fsp3) is 1.00. The SMILES string of the molecule is C[C@H]1CCC[C@H](C)N1C[C@H](O)CCO[C@@H]1C[C@@H]2CC[C@]1(C)C2(C)C. The van der Waals surface area contributed by atoms with E-state index in [0.717, 1.165) is 18.9 Å². The molecule has 2 saturated carbocycles. The molecule has 3 aliphatic rings. The van der Waals surface area contributed by atoms with Crippen molar-refractivity contribution >= 4 is 0 Å². The molecule has 2 bridgehead atoms. The van der Waals surface area contributed by atoms with Gasteiger partial charge in [0.05, 0.1) is 12.2 Å². The molecule has 1 aliphatic heterocycles. The van der Waals surface area contributed by atoms with E-state index >= 15 is 0 Å². The number of aliphatic hydroxyl groups excluding tert-OH is 1. The molecule has 1 saturated heterocycles. The van der Waals surface area contributed by atoms with Crippen molar-refractivity contribution in [2.75, 3.05) is 13.2 Å². The predicted octanol–water partition coefficient (Wildman–Crippen LogP) is 4.23. The van der Waals surface area contributed by atoms with E-state index in [9.17, 15) is 5.11 Å². The second-order valence-corrected chi connectivity index (χ2v) is 9.74. The van der Waals surface area contributed by atoms with Crippen molar-refractivity contribution in [2.45, 2.75) is 104 Å². The van der Waals surface area contributed by atoms with E-state index in [1.54, 1.807) is 0 Å². The third-order valence-electron chi connectivity index (χ3n) is 8.28. The van der Waals surface area contributed by atoms with E-state index in [-0.39, 0.29) is 6.10 Å². The van der Waals surface area contributed by atoms with Gasteiger partial charge in [-0.05, 0) is 69.1 Å². The van der Waals surface area contributed by atoms with Gasteiger partial charge in [-0.15, -0.1) is 0 Å². The van der Waals surface area contributed by atoms with Gasteiger partial charge in [0.2, 0.25) is 0 Å². The Kier molecular flexibility index (Phi) is 5.36. The average molecular weight is 338 g/mol. The molecule has 2 aliphatic carbocycles. The lowest BCUT2D eigenvalue weighted by Gasteiger charge is -2.40. The summed E-state index contributed by atoms with van der Waals surface area (Å²) in [7, 11) is 0. The van der Waals surface area contributed by atoms with Crippen LogP contribution in [-0.2, 0) is 4.74 Å². The Hall–Kier alpha value is -0.120. The number of aliphatic hydroxyl groups is 1. The summed E-state index contributed by atoms with van der Waals surface area (Å²) in [5.74, 6) is 0.826. The van der Waals surface area contributed by atoms with Crippen LogP contribution in [0.15, 0.2) is 0 Å². The lowest BCUT2D eigenvalue weighted by molar-refractivity contribution is -0.0587. The smallest absolute Gasteiger partial charge is 0.0689 e. The highest BCUT2D eigenvalue weighted by Gasteiger charge is 2.61. The topological polar surface area (TPSA) is 32.7 Å². The Morgan fingerprint density at radius 2 is 1.79 bits per heavy atom. The van der Waals surface area contributed by atoms with Crippen molar-refractivity contribution in [3.05, 3.63) is 0 Å². The molecule has 0 aromatic carbocycles. The molecule has 1 N–H and O–H groups in total. The van der Waals surface area contributed by atoms with Gasteiger partial charge >= 0.3 is 0 Å². The van der Waals surface area contributed by atoms with E-state index < -0.39 is 0 Å². The first-order valence-corrected chi connectivity index (χ1v) is 10.3. The van der Waals surface area contributed by atoms with Crippen molar-refractivity contribution in [3.63, 3.8) is 0 Å². The lowest BCUT2D eigenvalue weighted by atomic mass is 9.70. The van der Waals surface area contributed by atoms with E-state index in [4.69, 9.17) is 4.74 Å². The van der Waals surface area contributed by atoms with Crippen LogP contribution in [0.1, 0.15) is 79.6 Å². The highest BCUT2D eigenvalue weighted by Crippen LogP contribution is 2.66. The van der Waals surface area contributed by atoms with Crippen LogP contribution in [0.5, 0.6) is 0 Å². The Morgan fingerprint density at radius 1 is 1.12 bits per heavy atom. The number of hydrogen-bond acceptors (Lipinski definition) is 3. The van der Waals surface area contributed by atoms with Gasteiger partial charge < -0.3 is 9.84 Å². The molecule has 3 fully saturated rings. The zero-order valence-electron chi connectivity index (χ0n) is 16.6. The Bertz CT molecular complexity index is 428. The number of nitrogens with zero attached hydrogens (tertiary/aromatic N) is 1. The predicted molar refractivity (Wildman–Crippen MR) is 99.1 cm³/mol. The summed E-state index contributed by atoms with van der Waals surface area (Å²) >= 11 is 0. The number of rotatable bonds is 6. The minimum Gasteiger partial charge on any atom is -0.392 e.